The summed E-state index contributed by atoms with van der Waals surface area (Å²) >= 11 is 0. The van der Waals surface area contributed by atoms with Crippen LogP contribution in [0.4, 0.5) is 0 Å². The quantitative estimate of drug-likeness (QED) is 0.667. The molecule has 0 radical (unpaired) electrons. The Morgan fingerprint density at radius 1 is 1.39 bits per heavy atom. The van der Waals surface area contributed by atoms with Crippen LogP contribution in [0, 0.1) is 6.92 Å². The monoisotopic (exact) mass is 382 g/mol. The maximum atomic E-state index is 12.9. The summed E-state index contributed by atoms with van der Waals surface area (Å²) in [6.07, 6.45) is 5.09. The number of aryl methyl sites for hydroxylation is 1. The van der Waals surface area contributed by atoms with Crippen LogP contribution in [0.15, 0.2) is 39.7 Å². The van der Waals surface area contributed by atoms with Gasteiger partial charge in [0.05, 0.1) is 23.6 Å². The van der Waals surface area contributed by atoms with Crippen molar-refractivity contribution in [3.63, 3.8) is 0 Å². The topological polar surface area (TPSA) is 94.5 Å². The fourth-order valence-corrected chi connectivity index (χ4v) is 3.54. The van der Waals surface area contributed by atoms with E-state index in [-0.39, 0.29) is 17.6 Å². The average molecular weight is 382 g/mol. The fraction of sp³-hybridized carbons (Fsp3) is 0.400. The third-order valence-corrected chi connectivity index (χ3v) is 4.81. The number of rotatable bonds is 5. The molecule has 1 aliphatic heterocycles. The molecule has 1 aliphatic rings. The van der Waals surface area contributed by atoms with Crippen LogP contribution in [0.2, 0.25) is 0 Å². The molecule has 1 fully saturated rings. The molecule has 0 saturated carbocycles. The minimum Gasteiger partial charge on any atom is -0.465 e. The third kappa shape index (κ3) is 3.62. The van der Waals surface area contributed by atoms with E-state index in [1.807, 2.05) is 19.9 Å². The van der Waals surface area contributed by atoms with Gasteiger partial charge in [-0.25, -0.2) is 9.97 Å². The molecule has 1 amide bonds. The average Bonchev–Trinajstić information content (AvgIpc) is 3.37. The van der Waals surface area contributed by atoms with Crippen LogP contribution in [0.25, 0.3) is 11.3 Å². The van der Waals surface area contributed by atoms with E-state index in [0.29, 0.717) is 31.4 Å². The van der Waals surface area contributed by atoms with Crippen molar-refractivity contribution in [2.75, 3.05) is 19.7 Å². The lowest BCUT2D eigenvalue weighted by Crippen LogP contribution is -2.39. The maximum Gasteiger partial charge on any atom is 0.289 e. The Morgan fingerprint density at radius 3 is 3.07 bits per heavy atom. The van der Waals surface area contributed by atoms with Crippen LogP contribution < -0.4 is 4.74 Å². The highest BCUT2D eigenvalue weighted by molar-refractivity contribution is 5.91. The third-order valence-electron chi connectivity index (χ3n) is 4.81. The predicted octanol–water partition coefficient (Wildman–Crippen LogP) is 3.45. The molecule has 3 aromatic rings. The minimum absolute atomic E-state index is 0.0856. The highest BCUT2D eigenvalue weighted by atomic mass is 16.6. The largest absolute Gasteiger partial charge is 0.465 e. The zero-order valence-corrected chi connectivity index (χ0v) is 15.9. The molecule has 0 unspecified atom stereocenters. The molecule has 0 aliphatic carbocycles. The molecule has 0 spiro atoms. The van der Waals surface area contributed by atoms with E-state index in [4.69, 9.17) is 13.7 Å². The lowest BCUT2D eigenvalue weighted by Gasteiger charge is -2.32. The van der Waals surface area contributed by atoms with E-state index in [9.17, 15) is 4.79 Å². The number of amides is 1. The van der Waals surface area contributed by atoms with E-state index in [1.165, 1.54) is 6.33 Å². The Kier molecular flexibility index (Phi) is 5.10. The van der Waals surface area contributed by atoms with Gasteiger partial charge in [0, 0.05) is 37.3 Å². The van der Waals surface area contributed by atoms with Crippen LogP contribution in [0.3, 0.4) is 0 Å². The number of aromatic nitrogens is 3. The van der Waals surface area contributed by atoms with E-state index in [0.717, 1.165) is 29.8 Å². The molecular weight excluding hydrogens is 360 g/mol. The molecule has 8 nitrogen and oxygen atoms in total. The second-order valence-electron chi connectivity index (χ2n) is 6.80. The Hall–Kier alpha value is -3.16. The fourth-order valence-electron chi connectivity index (χ4n) is 3.54. The molecule has 146 valence electrons. The van der Waals surface area contributed by atoms with E-state index < -0.39 is 0 Å². The second-order valence-corrected chi connectivity index (χ2v) is 6.80. The van der Waals surface area contributed by atoms with Gasteiger partial charge in [-0.3, -0.25) is 4.79 Å². The molecule has 28 heavy (non-hydrogen) atoms. The zero-order chi connectivity index (χ0) is 19.5. The van der Waals surface area contributed by atoms with Gasteiger partial charge in [0.2, 0.25) is 0 Å². The van der Waals surface area contributed by atoms with Crippen LogP contribution in [0.5, 0.6) is 5.95 Å². The standard InChI is InChI=1S/C20H22N4O4/c1-3-26-18-7-6-16(27-18)20(25)24-8-4-5-14(11-24)19-15(10-21-12-22-19)17-9-13(2)23-28-17/h6-7,9-10,12,14H,3-5,8,11H2,1-2H3/t14-/m0/s1. The van der Waals surface area contributed by atoms with Gasteiger partial charge in [-0.1, -0.05) is 5.16 Å². The van der Waals surface area contributed by atoms with Crippen molar-refractivity contribution in [2.24, 2.45) is 0 Å². The van der Waals surface area contributed by atoms with Gasteiger partial charge in [0.15, 0.2) is 11.5 Å². The maximum absolute atomic E-state index is 12.9. The van der Waals surface area contributed by atoms with E-state index in [1.54, 1.807) is 23.2 Å². The van der Waals surface area contributed by atoms with Crippen LogP contribution in [-0.2, 0) is 0 Å². The highest BCUT2D eigenvalue weighted by Crippen LogP contribution is 2.33. The summed E-state index contributed by atoms with van der Waals surface area (Å²) < 4.78 is 16.2. The summed E-state index contributed by atoms with van der Waals surface area (Å²) in [5, 5.41) is 3.96. The summed E-state index contributed by atoms with van der Waals surface area (Å²) in [5.41, 5.74) is 2.49. The van der Waals surface area contributed by atoms with Crippen molar-refractivity contribution < 1.29 is 18.5 Å². The molecule has 4 heterocycles. The number of hydrogen-bond acceptors (Lipinski definition) is 7. The number of carbonyl (C=O) groups excluding carboxylic acids is 1. The Balaban J connectivity index is 1.55. The van der Waals surface area contributed by atoms with Gasteiger partial charge in [0.25, 0.3) is 11.9 Å². The number of ether oxygens (including phenoxy) is 1. The van der Waals surface area contributed by atoms with Gasteiger partial charge >= 0.3 is 0 Å². The first-order valence-corrected chi connectivity index (χ1v) is 9.41. The Labute approximate surface area is 162 Å². The summed E-state index contributed by atoms with van der Waals surface area (Å²) in [7, 11) is 0. The number of carbonyl (C=O) groups is 1. The molecule has 1 atom stereocenters. The first-order chi connectivity index (χ1) is 13.7. The lowest BCUT2D eigenvalue weighted by atomic mass is 9.91. The first-order valence-electron chi connectivity index (χ1n) is 9.41. The minimum atomic E-state index is -0.137. The zero-order valence-electron chi connectivity index (χ0n) is 15.9. The van der Waals surface area contributed by atoms with Crippen molar-refractivity contribution in [1.82, 2.24) is 20.0 Å². The van der Waals surface area contributed by atoms with Crippen LogP contribution in [-0.4, -0.2) is 45.6 Å². The Bertz CT molecular complexity index is 965. The first kappa shape index (κ1) is 18.2. The number of hydrogen-bond donors (Lipinski definition) is 0. The van der Waals surface area contributed by atoms with Crippen molar-refractivity contribution in [2.45, 2.75) is 32.6 Å². The smallest absolute Gasteiger partial charge is 0.289 e. The summed E-state index contributed by atoms with van der Waals surface area (Å²) in [6, 6.07) is 5.20. The van der Waals surface area contributed by atoms with Crippen LogP contribution >= 0.6 is 0 Å². The molecule has 0 aromatic carbocycles. The molecule has 8 heteroatoms. The lowest BCUT2D eigenvalue weighted by molar-refractivity contribution is 0.0666. The van der Waals surface area contributed by atoms with Gasteiger partial charge in [-0.2, -0.15) is 0 Å². The van der Waals surface area contributed by atoms with Crippen molar-refractivity contribution in [3.05, 3.63) is 47.9 Å². The molecule has 3 aromatic heterocycles. The van der Waals surface area contributed by atoms with Gasteiger partial charge in [-0.05, 0) is 32.8 Å². The summed E-state index contributed by atoms with van der Waals surface area (Å²) in [4.78, 5) is 23.3. The normalized spacial score (nSPS) is 16.9. The molecular formula is C20H22N4O4. The van der Waals surface area contributed by atoms with Crippen molar-refractivity contribution in [3.8, 4) is 17.3 Å². The van der Waals surface area contributed by atoms with Crippen molar-refractivity contribution >= 4 is 5.91 Å². The van der Waals surface area contributed by atoms with E-state index >= 15 is 0 Å². The van der Waals surface area contributed by atoms with E-state index in [2.05, 4.69) is 15.1 Å². The number of piperidine rings is 1. The molecule has 1 saturated heterocycles. The molecule has 0 N–H and O–H groups in total. The second kappa shape index (κ2) is 7.84. The number of likely N-dealkylation sites (tertiary alicyclic amines) is 1. The van der Waals surface area contributed by atoms with Crippen molar-refractivity contribution in [1.29, 1.82) is 0 Å². The predicted molar refractivity (Wildman–Crippen MR) is 100 cm³/mol. The summed E-state index contributed by atoms with van der Waals surface area (Å²) in [6.45, 7) is 5.47. The van der Waals surface area contributed by atoms with Gasteiger partial charge in [0.1, 0.15) is 6.33 Å². The Morgan fingerprint density at radius 2 is 2.29 bits per heavy atom. The number of furan rings is 1. The highest BCUT2D eigenvalue weighted by Gasteiger charge is 2.30. The van der Waals surface area contributed by atoms with Crippen LogP contribution in [0.1, 0.15) is 47.6 Å². The molecule has 4 rings (SSSR count). The number of nitrogens with zero attached hydrogens (tertiary/aromatic N) is 4. The summed E-state index contributed by atoms with van der Waals surface area (Å²) in [5.74, 6) is 1.24. The van der Waals surface area contributed by atoms with Gasteiger partial charge in [-0.15, -0.1) is 0 Å². The SMILES string of the molecule is CCOc1ccc(C(=O)N2CCC[C@H](c3ncncc3-c3cc(C)no3)C2)o1. The molecule has 0 bridgehead atoms. The van der Waals surface area contributed by atoms with Gasteiger partial charge < -0.3 is 18.6 Å².